The third-order valence-corrected chi connectivity index (χ3v) is 5.02. The molecule has 0 radical (unpaired) electrons. The Bertz CT molecular complexity index is 519. The van der Waals surface area contributed by atoms with Crippen molar-refractivity contribution in [2.75, 3.05) is 6.61 Å². The average Bonchev–Trinajstić information content (AvgIpc) is 3.09. The fourth-order valence-corrected chi connectivity index (χ4v) is 4.01. The molecule has 0 aliphatic heterocycles. The summed E-state index contributed by atoms with van der Waals surface area (Å²) in [5.74, 6) is 1.76. The molecule has 0 aromatic heterocycles. The van der Waals surface area contributed by atoms with Gasteiger partial charge in [-0.05, 0) is 56.1 Å². The van der Waals surface area contributed by atoms with Crippen LogP contribution in [0.5, 0.6) is 5.75 Å². The maximum Gasteiger partial charge on any atom is 0.258 e. The van der Waals surface area contributed by atoms with Gasteiger partial charge in [-0.15, -0.1) is 0 Å². The van der Waals surface area contributed by atoms with E-state index in [9.17, 15) is 9.18 Å². The van der Waals surface area contributed by atoms with Crippen molar-refractivity contribution in [3.63, 3.8) is 0 Å². The van der Waals surface area contributed by atoms with Gasteiger partial charge in [0.2, 0.25) is 0 Å². The number of benzene rings is 1. The van der Waals surface area contributed by atoms with Crippen molar-refractivity contribution in [3.8, 4) is 5.75 Å². The van der Waals surface area contributed by atoms with Crippen molar-refractivity contribution < 1.29 is 13.9 Å². The van der Waals surface area contributed by atoms with Crippen LogP contribution < -0.4 is 10.1 Å². The molecule has 0 unspecified atom stereocenters. The molecule has 3 nitrogen and oxygen atoms in total. The smallest absolute Gasteiger partial charge is 0.258 e. The Morgan fingerprint density at radius 1 is 1.38 bits per heavy atom. The first-order valence-electron chi connectivity index (χ1n) is 7.80. The van der Waals surface area contributed by atoms with Crippen LogP contribution in [-0.4, -0.2) is 18.6 Å². The summed E-state index contributed by atoms with van der Waals surface area (Å²) in [7, 11) is 0. The minimum absolute atomic E-state index is 0.125. The number of para-hydroxylation sites is 1. The molecule has 4 atom stereocenters. The lowest BCUT2D eigenvalue weighted by Gasteiger charge is -2.28. The molecule has 21 heavy (non-hydrogen) atoms. The molecule has 1 aromatic carbocycles. The van der Waals surface area contributed by atoms with E-state index in [0.717, 1.165) is 11.8 Å². The van der Waals surface area contributed by atoms with E-state index in [-0.39, 0.29) is 24.3 Å². The molecule has 2 saturated carbocycles. The van der Waals surface area contributed by atoms with Crippen LogP contribution in [0.15, 0.2) is 24.3 Å². The minimum Gasteiger partial charge on any atom is -0.481 e. The number of ether oxygens (including phenoxy) is 1. The molecule has 2 bridgehead atoms. The highest BCUT2D eigenvalue weighted by Crippen LogP contribution is 2.49. The number of halogens is 1. The van der Waals surface area contributed by atoms with Crippen LogP contribution >= 0.6 is 0 Å². The summed E-state index contributed by atoms with van der Waals surface area (Å²) >= 11 is 0. The van der Waals surface area contributed by atoms with Gasteiger partial charge in [-0.25, -0.2) is 4.39 Å². The van der Waals surface area contributed by atoms with Crippen molar-refractivity contribution in [1.29, 1.82) is 0 Å². The third-order valence-electron chi connectivity index (χ3n) is 5.02. The molecule has 0 heterocycles. The molecular weight excluding hydrogens is 269 g/mol. The molecule has 1 aromatic rings. The Morgan fingerprint density at radius 3 is 2.86 bits per heavy atom. The lowest BCUT2D eigenvalue weighted by Crippen LogP contribution is -2.42. The van der Waals surface area contributed by atoms with Gasteiger partial charge in [-0.2, -0.15) is 0 Å². The summed E-state index contributed by atoms with van der Waals surface area (Å²) < 4.78 is 18.6. The predicted octanol–water partition coefficient (Wildman–Crippen LogP) is 3.15. The van der Waals surface area contributed by atoms with Crippen molar-refractivity contribution >= 4 is 5.91 Å². The van der Waals surface area contributed by atoms with Gasteiger partial charge in [0.1, 0.15) is 0 Å². The highest BCUT2D eigenvalue weighted by molar-refractivity contribution is 5.77. The zero-order valence-corrected chi connectivity index (χ0v) is 12.3. The molecule has 3 rings (SSSR count). The predicted molar refractivity (Wildman–Crippen MR) is 78.4 cm³/mol. The number of rotatable bonds is 5. The van der Waals surface area contributed by atoms with E-state index >= 15 is 0 Å². The van der Waals surface area contributed by atoms with Crippen LogP contribution in [0.4, 0.5) is 4.39 Å². The van der Waals surface area contributed by atoms with Gasteiger partial charge in [-0.3, -0.25) is 4.79 Å². The number of hydrogen-bond donors (Lipinski definition) is 1. The fraction of sp³-hybridized carbons (Fsp3) is 0.588. The number of carbonyl (C=O) groups is 1. The van der Waals surface area contributed by atoms with Crippen molar-refractivity contribution in [2.24, 2.45) is 17.8 Å². The lowest BCUT2D eigenvalue weighted by molar-refractivity contribution is -0.124. The Balaban J connectivity index is 1.47. The first kappa shape index (κ1) is 14.4. The second kappa shape index (κ2) is 6.04. The molecule has 1 amide bonds. The zero-order valence-electron chi connectivity index (χ0n) is 12.3. The van der Waals surface area contributed by atoms with Crippen LogP contribution in [0, 0.1) is 23.6 Å². The largest absolute Gasteiger partial charge is 0.481 e. The maximum absolute atomic E-state index is 13.4. The quantitative estimate of drug-likeness (QED) is 0.905. The van der Waals surface area contributed by atoms with Crippen LogP contribution in [-0.2, 0) is 4.79 Å². The third kappa shape index (κ3) is 3.20. The summed E-state index contributed by atoms with van der Waals surface area (Å²) in [6.07, 6.45) is 5.23. The normalized spacial score (nSPS) is 28.4. The zero-order chi connectivity index (χ0) is 14.8. The van der Waals surface area contributed by atoms with E-state index < -0.39 is 5.82 Å². The van der Waals surface area contributed by atoms with Crippen LogP contribution in [0.3, 0.4) is 0 Å². The van der Waals surface area contributed by atoms with Crippen LogP contribution in [0.25, 0.3) is 0 Å². The number of amides is 1. The fourth-order valence-electron chi connectivity index (χ4n) is 4.01. The van der Waals surface area contributed by atoms with E-state index in [0.29, 0.717) is 5.92 Å². The van der Waals surface area contributed by atoms with E-state index in [1.54, 1.807) is 12.1 Å². The molecule has 2 aliphatic carbocycles. The second-order valence-corrected chi connectivity index (χ2v) is 6.41. The molecule has 4 heteroatoms. The van der Waals surface area contributed by atoms with Gasteiger partial charge in [0.15, 0.2) is 18.2 Å². The monoisotopic (exact) mass is 291 g/mol. The summed E-state index contributed by atoms with van der Waals surface area (Å²) in [4.78, 5) is 11.9. The first-order valence-corrected chi connectivity index (χ1v) is 7.80. The standard InChI is InChI=1S/C17H22FNO2/c1-11(14-9-12-6-7-13(14)8-12)19-17(20)10-21-16-5-3-2-4-15(16)18/h2-5,11-14H,6-10H2,1H3,(H,19,20)/t11-,12-,13-,14-/m0/s1. The minimum atomic E-state index is -0.438. The molecular formula is C17H22FNO2. The van der Waals surface area contributed by atoms with E-state index in [1.165, 1.54) is 37.8 Å². The summed E-state index contributed by atoms with van der Waals surface area (Å²) in [5.41, 5.74) is 0. The van der Waals surface area contributed by atoms with Gasteiger partial charge in [-0.1, -0.05) is 18.6 Å². The molecule has 1 N–H and O–H groups in total. The van der Waals surface area contributed by atoms with Crippen molar-refractivity contribution in [1.82, 2.24) is 5.32 Å². The Morgan fingerprint density at radius 2 is 2.19 bits per heavy atom. The summed E-state index contributed by atoms with van der Waals surface area (Å²) in [6, 6.07) is 6.32. The van der Waals surface area contributed by atoms with Crippen LogP contribution in [0.2, 0.25) is 0 Å². The number of hydrogen-bond acceptors (Lipinski definition) is 2. The molecule has 114 valence electrons. The van der Waals surface area contributed by atoms with Gasteiger partial charge < -0.3 is 10.1 Å². The topological polar surface area (TPSA) is 38.3 Å². The Labute approximate surface area is 124 Å². The number of nitrogens with one attached hydrogen (secondary N) is 1. The van der Waals surface area contributed by atoms with E-state index in [2.05, 4.69) is 12.2 Å². The SMILES string of the molecule is C[C@H](NC(=O)COc1ccccc1F)[C@@H]1C[C@H]2CC[C@H]1C2. The van der Waals surface area contributed by atoms with E-state index in [1.807, 2.05) is 0 Å². The average molecular weight is 291 g/mol. The molecule has 0 spiro atoms. The van der Waals surface area contributed by atoms with Gasteiger partial charge in [0.05, 0.1) is 0 Å². The second-order valence-electron chi connectivity index (χ2n) is 6.41. The van der Waals surface area contributed by atoms with Gasteiger partial charge in [0, 0.05) is 6.04 Å². The lowest BCUT2D eigenvalue weighted by atomic mass is 9.84. The highest BCUT2D eigenvalue weighted by Gasteiger charge is 2.42. The first-order chi connectivity index (χ1) is 10.1. The van der Waals surface area contributed by atoms with Gasteiger partial charge in [0.25, 0.3) is 5.91 Å². The van der Waals surface area contributed by atoms with E-state index in [4.69, 9.17) is 4.74 Å². The Kier molecular flexibility index (Phi) is 4.13. The maximum atomic E-state index is 13.4. The molecule has 2 aliphatic rings. The Hall–Kier alpha value is -1.58. The highest BCUT2D eigenvalue weighted by atomic mass is 19.1. The summed E-state index contributed by atoms with van der Waals surface area (Å²) in [5, 5.41) is 3.01. The van der Waals surface area contributed by atoms with Gasteiger partial charge >= 0.3 is 0 Å². The van der Waals surface area contributed by atoms with Crippen molar-refractivity contribution in [3.05, 3.63) is 30.1 Å². The van der Waals surface area contributed by atoms with Crippen LogP contribution in [0.1, 0.15) is 32.6 Å². The summed E-state index contributed by atoms with van der Waals surface area (Å²) in [6.45, 7) is 1.94. The molecule has 2 fully saturated rings. The van der Waals surface area contributed by atoms with Crippen molar-refractivity contribution in [2.45, 2.75) is 38.6 Å². The number of carbonyl (C=O) groups excluding carboxylic acids is 1. The number of fused-ring (bicyclic) bond motifs is 2. The molecule has 0 saturated heterocycles.